The van der Waals surface area contributed by atoms with Crippen LogP contribution in [0.3, 0.4) is 0 Å². The van der Waals surface area contributed by atoms with Crippen molar-refractivity contribution >= 4 is 11.3 Å². The average molecular weight is 274 g/mol. The topological polar surface area (TPSA) is 50.7 Å². The fraction of sp³-hybridized carbons (Fsp3) is 0.500. The van der Waals surface area contributed by atoms with Gasteiger partial charge in [-0.25, -0.2) is 15.0 Å². The molecule has 0 saturated heterocycles. The number of aromatic nitrogens is 3. The van der Waals surface area contributed by atoms with Gasteiger partial charge in [-0.2, -0.15) is 0 Å². The Morgan fingerprint density at radius 2 is 2.05 bits per heavy atom. The van der Waals surface area contributed by atoms with E-state index in [1.807, 2.05) is 19.3 Å². The van der Waals surface area contributed by atoms with Crippen LogP contribution in [0.4, 0.5) is 0 Å². The predicted octanol–water partition coefficient (Wildman–Crippen LogP) is 2.90. The van der Waals surface area contributed by atoms with Crippen LogP contribution < -0.4 is 5.32 Å². The zero-order valence-corrected chi connectivity index (χ0v) is 12.1. The highest BCUT2D eigenvalue weighted by Crippen LogP contribution is 2.43. The average Bonchev–Trinajstić information content (AvgIpc) is 3.18. The van der Waals surface area contributed by atoms with Gasteiger partial charge in [-0.3, -0.25) is 0 Å². The Morgan fingerprint density at radius 1 is 1.32 bits per heavy atom. The number of hydrogen-bond acceptors (Lipinski definition) is 5. The Bertz CT molecular complexity index is 557. The van der Waals surface area contributed by atoms with E-state index in [2.05, 4.69) is 22.2 Å². The first-order chi connectivity index (χ1) is 9.28. The van der Waals surface area contributed by atoms with Crippen molar-refractivity contribution in [1.82, 2.24) is 20.3 Å². The maximum Gasteiger partial charge on any atom is 0.188 e. The van der Waals surface area contributed by atoms with Crippen LogP contribution in [0.15, 0.2) is 12.4 Å². The minimum Gasteiger partial charge on any atom is -0.312 e. The molecular formula is C14H18N4S. The highest BCUT2D eigenvalue weighted by Gasteiger charge is 2.30. The lowest BCUT2D eigenvalue weighted by atomic mass is 10.2. The summed E-state index contributed by atoms with van der Waals surface area (Å²) in [4.78, 5) is 14.9. The molecule has 1 saturated carbocycles. The van der Waals surface area contributed by atoms with Gasteiger partial charge in [0.25, 0.3) is 0 Å². The van der Waals surface area contributed by atoms with Gasteiger partial charge >= 0.3 is 0 Å². The number of nitrogens with one attached hydrogen (secondary N) is 1. The van der Waals surface area contributed by atoms with Gasteiger partial charge in [-0.05, 0) is 31.9 Å². The SMILES string of the molecule is CCNCc1sc(-c2ncc(C)cn2)nc1C1CC1. The summed E-state index contributed by atoms with van der Waals surface area (Å²) < 4.78 is 0. The van der Waals surface area contributed by atoms with Crippen LogP contribution in [0, 0.1) is 6.92 Å². The molecule has 0 aromatic carbocycles. The third-order valence-electron chi connectivity index (χ3n) is 3.20. The Labute approximate surface area is 117 Å². The molecule has 0 radical (unpaired) electrons. The quantitative estimate of drug-likeness (QED) is 0.911. The molecule has 4 nitrogen and oxygen atoms in total. The summed E-state index contributed by atoms with van der Waals surface area (Å²) in [6.45, 7) is 6.02. The Balaban J connectivity index is 1.91. The fourth-order valence-corrected chi connectivity index (χ4v) is 3.07. The van der Waals surface area contributed by atoms with Crippen molar-refractivity contribution in [1.29, 1.82) is 0 Å². The van der Waals surface area contributed by atoms with Crippen molar-refractivity contribution in [3.8, 4) is 10.8 Å². The minimum atomic E-state index is 0.670. The zero-order chi connectivity index (χ0) is 13.2. The van der Waals surface area contributed by atoms with Crippen LogP contribution in [0.25, 0.3) is 10.8 Å². The number of rotatable bonds is 5. The molecule has 3 rings (SSSR count). The maximum atomic E-state index is 4.78. The number of aryl methyl sites for hydroxylation is 1. The molecule has 2 heterocycles. The fourth-order valence-electron chi connectivity index (χ4n) is 2.00. The monoisotopic (exact) mass is 274 g/mol. The lowest BCUT2D eigenvalue weighted by Gasteiger charge is -2.00. The van der Waals surface area contributed by atoms with E-state index in [0.29, 0.717) is 5.92 Å². The molecule has 0 amide bonds. The summed E-state index contributed by atoms with van der Waals surface area (Å²) in [5.41, 5.74) is 2.35. The summed E-state index contributed by atoms with van der Waals surface area (Å²) in [7, 11) is 0. The molecule has 1 aliphatic carbocycles. The molecule has 0 atom stereocenters. The van der Waals surface area contributed by atoms with Gasteiger partial charge in [0.05, 0.1) is 5.69 Å². The van der Waals surface area contributed by atoms with E-state index < -0.39 is 0 Å². The van der Waals surface area contributed by atoms with Gasteiger partial charge in [0, 0.05) is 29.7 Å². The van der Waals surface area contributed by atoms with Crippen molar-refractivity contribution in [2.45, 2.75) is 39.2 Å². The summed E-state index contributed by atoms with van der Waals surface area (Å²) in [6.07, 6.45) is 6.25. The third kappa shape index (κ3) is 2.82. The molecule has 0 spiro atoms. The zero-order valence-electron chi connectivity index (χ0n) is 11.3. The molecule has 19 heavy (non-hydrogen) atoms. The first-order valence-corrected chi connectivity index (χ1v) is 7.59. The lowest BCUT2D eigenvalue weighted by molar-refractivity contribution is 0.727. The Kier molecular flexibility index (Phi) is 3.57. The van der Waals surface area contributed by atoms with E-state index in [9.17, 15) is 0 Å². The Morgan fingerprint density at radius 3 is 2.68 bits per heavy atom. The van der Waals surface area contributed by atoms with Gasteiger partial charge in [-0.15, -0.1) is 11.3 Å². The van der Waals surface area contributed by atoms with E-state index in [1.165, 1.54) is 23.4 Å². The standard InChI is InChI=1S/C14H18N4S/c1-3-15-8-11-12(10-4-5-10)18-14(19-11)13-16-6-9(2)7-17-13/h6-7,10,15H,3-5,8H2,1-2H3. The molecule has 0 unspecified atom stereocenters. The first kappa shape index (κ1) is 12.7. The molecule has 1 fully saturated rings. The molecule has 0 aliphatic heterocycles. The third-order valence-corrected chi connectivity index (χ3v) is 4.27. The van der Waals surface area contributed by atoms with Crippen LogP contribution in [0.1, 0.15) is 41.8 Å². The Hall–Kier alpha value is -1.33. The van der Waals surface area contributed by atoms with Gasteiger partial charge in [-0.1, -0.05) is 6.92 Å². The summed E-state index contributed by atoms with van der Waals surface area (Å²) >= 11 is 1.73. The number of hydrogen-bond donors (Lipinski definition) is 1. The van der Waals surface area contributed by atoms with Crippen molar-refractivity contribution in [2.75, 3.05) is 6.54 Å². The van der Waals surface area contributed by atoms with E-state index in [4.69, 9.17) is 4.98 Å². The summed E-state index contributed by atoms with van der Waals surface area (Å²) in [5, 5.41) is 4.34. The molecular weight excluding hydrogens is 256 g/mol. The molecule has 5 heteroatoms. The van der Waals surface area contributed by atoms with Crippen molar-refractivity contribution in [3.05, 3.63) is 28.5 Å². The molecule has 2 aromatic heterocycles. The second-order valence-electron chi connectivity index (χ2n) is 4.97. The lowest BCUT2D eigenvalue weighted by Crippen LogP contribution is -2.11. The van der Waals surface area contributed by atoms with Crippen LogP contribution in [-0.4, -0.2) is 21.5 Å². The van der Waals surface area contributed by atoms with Crippen LogP contribution in [0.2, 0.25) is 0 Å². The molecule has 1 N–H and O–H groups in total. The summed E-state index contributed by atoms with van der Waals surface area (Å²) in [5.74, 6) is 1.42. The number of nitrogens with zero attached hydrogens (tertiary/aromatic N) is 3. The van der Waals surface area contributed by atoms with Gasteiger partial charge < -0.3 is 5.32 Å². The number of thiazole rings is 1. The van der Waals surface area contributed by atoms with Gasteiger partial charge in [0.2, 0.25) is 0 Å². The van der Waals surface area contributed by atoms with Crippen LogP contribution >= 0.6 is 11.3 Å². The van der Waals surface area contributed by atoms with E-state index >= 15 is 0 Å². The van der Waals surface area contributed by atoms with Gasteiger partial charge in [0.15, 0.2) is 10.8 Å². The second kappa shape index (κ2) is 5.35. The van der Waals surface area contributed by atoms with E-state index in [-0.39, 0.29) is 0 Å². The van der Waals surface area contributed by atoms with E-state index in [0.717, 1.165) is 29.5 Å². The summed E-state index contributed by atoms with van der Waals surface area (Å²) in [6, 6.07) is 0. The molecule has 2 aromatic rings. The highest BCUT2D eigenvalue weighted by atomic mass is 32.1. The van der Waals surface area contributed by atoms with Crippen molar-refractivity contribution in [2.24, 2.45) is 0 Å². The molecule has 0 bridgehead atoms. The molecule has 100 valence electrons. The van der Waals surface area contributed by atoms with Gasteiger partial charge in [0.1, 0.15) is 0 Å². The maximum absolute atomic E-state index is 4.78. The van der Waals surface area contributed by atoms with Crippen molar-refractivity contribution < 1.29 is 0 Å². The largest absolute Gasteiger partial charge is 0.312 e. The predicted molar refractivity (Wildman–Crippen MR) is 77.2 cm³/mol. The van der Waals surface area contributed by atoms with E-state index in [1.54, 1.807) is 11.3 Å². The van der Waals surface area contributed by atoms with Crippen molar-refractivity contribution in [3.63, 3.8) is 0 Å². The first-order valence-electron chi connectivity index (χ1n) is 6.77. The second-order valence-corrected chi connectivity index (χ2v) is 6.05. The highest BCUT2D eigenvalue weighted by molar-refractivity contribution is 7.15. The minimum absolute atomic E-state index is 0.670. The molecule has 1 aliphatic rings. The van der Waals surface area contributed by atoms with Crippen LogP contribution in [-0.2, 0) is 6.54 Å². The normalized spacial score (nSPS) is 14.8. The smallest absolute Gasteiger partial charge is 0.188 e. The van der Waals surface area contributed by atoms with Crippen LogP contribution in [0.5, 0.6) is 0 Å².